The van der Waals surface area contributed by atoms with Crippen molar-refractivity contribution in [2.75, 3.05) is 5.32 Å². The molecule has 0 aromatic carbocycles. The molecule has 1 aliphatic heterocycles. The Bertz CT molecular complexity index is 399. The first kappa shape index (κ1) is 10.2. The van der Waals surface area contributed by atoms with E-state index in [9.17, 15) is 9.59 Å². The molecule has 0 bridgehead atoms. The fourth-order valence-corrected chi connectivity index (χ4v) is 2.71. The summed E-state index contributed by atoms with van der Waals surface area (Å²) in [5, 5.41) is 14.3. The first-order chi connectivity index (χ1) is 7.16. The van der Waals surface area contributed by atoms with Crippen molar-refractivity contribution in [1.82, 2.24) is 0 Å². The van der Waals surface area contributed by atoms with Crippen LogP contribution in [0.2, 0.25) is 0 Å². The van der Waals surface area contributed by atoms with Gasteiger partial charge in [0.2, 0.25) is 5.91 Å². The van der Waals surface area contributed by atoms with Gasteiger partial charge >= 0.3 is 5.97 Å². The molecule has 1 amide bonds. The zero-order valence-electron chi connectivity index (χ0n) is 8.03. The van der Waals surface area contributed by atoms with Crippen molar-refractivity contribution in [1.29, 1.82) is 0 Å². The van der Waals surface area contributed by atoms with Gasteiger partial charge < -0.3 is 10.4 Å². The molecular formula is C10H11NO3S. The van der Waals surface area contributed by atoms with Crippen molar-refractivity contribution in [3.8, 4) is 0 Å². The van der Waals surface area contributed by atoms with Gasteiger partial charge in [0.25, 0.3) is 0 Å². The lowest BCUT2D eigenvalue weighted by atomic mass is 9.94. The van der Waals surface area contributed by atoms with Crippen LogP contribution >= 0.6 is 11.3 Å². The highest BCUT2D eigenvalue weighted by Crippen LogP contribution is 2.37. The molecule has 0 saturated heterocycles. The fraction of sp³-hybridized carbons (Fsp3) is 0.400. The van der Waals surface area contributed by atoms with E-state index in [4.69, 9.17) is 5.11 Å². The lowest BCUT2D eigenvalue weighted by Crippen LogP contribution is -2.08. The zero-order chi connectivity index (χ0) is 10.8. The van der Waals surface area contributed by atoms with Crippen LogP contribution in [0, 0.1) is 0 Å². The number of carbonyl (C=O) groups is 2. The third kappa shape index (κ3) is 2.18. The van der Waals surface area contributed by atoms with Crippen LogP contribution in [0.5, 0.6) is 0 Å². The normalized spacial score (nSPS) is 20.3. The smallest absolute Gasteiger partial charge is 0.303 e. The number of anilines is 1. The molecule has 0 fully saturated rings. The molecule has 1 aromatic heterocycles. The number of carboxylic acids is 1. The zero-order valence-corrected chi connectivity index (χ0v) is 8.84. The predicted octanol–water partition coefficient (Wildman–Crippen LogP) is 2.04. The van der Waals surface area contributed by atoms with Gasteiger partial charge in [-0.1, -0.05) is 0 Å². The summed E-state index contributed by atoms with van der Waals surface area (Å²) in [6, 6.07) is 1.90. The fourth-order valence-electron chi connectivity index (χ4n) is 1.81. The number of rotatable bonds is 2. The van der Waals surface area contributed by atoms with Crippen LogP contribution in [-0.2, 0) is 9.59 Å². The quantitative estimate of drug-likeness (QED) is 0.809. The van der Waals surface area contributed by atoms with Crippen molar-refractivity contribution in [3.05, 3.63) is 17.0 Å². The van der Waals surface area contributed by atoms with E-state index in [0.717, 1.165) is 10.6 Å². The molecule has 1 aliphatic rings. The minimum atomic E-state index is -0.813. The summed E-state index contributed by atoms with van der Waals surface area (Å²) in [6.45, 7) is 0. The number of nitrogens with one attached hydrogen (secondary N) is 1. The van der Waals surface area contributed by atoms with Gasteiger partial charge in [-0.3, -0.25) is 9.59 Å². The van der Waals surface area contributed by atoms with E-state index in [1.165, 1.54) is 11.3 Å². The summed E-state index contributed by atoms with van der Waals surface area (Å²) < 4.78 is 0. The summed E-state index contributed by atoms with van der Waals surface area (Å²) in [6.07, 6.45) is 1.11. The number of hydrogen-bond acceptors (Lipinski definition) is 3. The standard InChI is InChI=1S/C10H11NO3S/c12-8-2-1-6(5-9(13)14)7-3-4-15-10(7)11-8/h3-4,6H,1-2,5H2,(H,11,12)(H,13,14). The minimum Gasteiger partial charge on any atom is -0.481 e. The summed E-state index contributed by atoms with van der Waals surface area (Å²) in [7, 11) is 0. The lowest BCUT2D eigenvalue weighted by Gasteiger charge is -2.10. The Morgan fingerprint density at radius 2 is 2.47 bits per heavy atom. The summed E-state index contributed by atoms with van der Waals surface area (Å²) in [4.78, 5) is 22.0. The Morgan fingerprint density at radius 1 is 1.67 bits per heavy atom. The summed E-state index contributed by atoms with van der Waals surface area (Å²) >= 11 is 1.45. The molecular weight excluding hydrogens is 214 g/mol. The molecule has 0 radical (unpaired) electrons. The van der Waals surface area contributed by atoms with Crippen LogP contribution < -0.4 is 5.32 Å². The van der Waals surface area contributed by atoms with E-state index in [1.54, 1.807) is 0 Å². The molecule has 80 valence electrons. The number of amides is 1. The third-order valence-electron chi connectivity index (χ3n) is 2.53. The molecule has 0 spiro atoms. The van der Waals surface area contributed by atoms with Crippen LogP contribution in [0.3, 0.4) is 0 Å². The minimum absolute atomic E-state index is 0.0217. The largest absolute Gasteiger partial charge is 0.481 e. The van der Waals surface area contributed by atoms with E-state index in [0.29, 0.717) is 12.8 Å². The second kappa shape index (κ2) is 4.02. The van der Waals surface area contributed by atoms with Gasteiger partial charge in [0.05, 0.1) is 11.4 Å². The van der Waals surface area contributed by atoms with Crippen molar-refractivity contribution < 1.29 is 14.7 Å². The van der Waals surface area contributed by atoms with Crippen molar-refractivity contribution in [2.45, 2.75) is 25.2 Å². The molecule has 4 nitrogen and oxygen atoms in total. The second-order valence-electron chi connectivity index (χ2n) is 3.59. The summed E-state index contributed by atoms with van der Waals surface area (Å²) in [5.41, 5.74) is 0.966. The third-order valence-corrected chi connectivity index (χ3v) is 3.37. The average molecular weight is 225 g/mol. The van der Waals surface area contributed by atoms with E-state index in [-0.39, 0.29) is 18.2 Å². The molecule has 0 aliphatic carbocycles. The van der Waals surface area contributed by atoms with Crippen LogP contribution in [0.4, 0.5) is 5.00 Å². The maximum Gasteiger partial charge on any atom is 0.303 e. The average Bonchev–Trinajstić information content (AvgIpc) is 2.55. The van der Waals surface area contributed by atoms with Crippen LogP contribution in [0.25, 0.3) is 0 Å². The second-order valence-corrected chi connectivity index (χ2v) is 4.50. The van der Waals surface area contributed by atoms with Gasteiger partial charge in [-0.2, -0.15) is 0 Å². The molecule has 2 heterocycles. The van der Waals surface area contributed by atoms with Gasteiger partial charge in [0.1, 0.15) is 0 Å². The molecule has 2 N–H and O–H groups in total. The SMILES string of the molecule is O=C(O)CC1CCC(=O)Nc2sccc21. The van der Waals surface area contributed by atoms with Gasteiger partial charge in [-0.25, -0.2) is 0 Å². The Hall–Kier alpha value is -1.36. The number of hydrogen-bond donors (Lipinski definition) is 2. The Labute approximate surface area is 90.9 Å². The Balaban J connectivity index is 2.27. The molecule has 15 heavy (non-hydrogen) atoms. The van der Waals surface area contributed by atoms with Crippen molar-refractivity contribution in [3.63, 3.8) is 0 Å². The Kier molecular flexibility index (Phi) is 2.73. The number of carbonyl (C=O) groups excluding carboxylic acids is 1. The molecule has 1 aromatic rings. The van der Waals surface area contributed by atoms with Gasteiger partial charge in [0, 0.05) is 6.42 Å². The van der Waals surface area contributed by atoms with Gasteiger partial charge in [-0.05, 0) is 29.3 Å². The van der Waals surface area contributed by atoms with Crippen LogP contribution in [0.15, 0.2) is 11.4 Å². The highest BCUT2D eigenvalue weighted by Gasteiger charge is 2.24. The molecule has 0 saturated carbocycles. The molecule has 5 heteroatoms. The van der Waals surface area contributed by atoms with E-state index in [2.05, 4.69) is 5.32 Å². The predicted molar refractivity (Wildman–Crippen MR) is 57.2 cm³/mol. The first-order valence-corrected chi connectivity index (χ1v) is 5.64. The van der Waals surface area contributed by atoms with Crippen molar-refractivity contribution in [2.24, 2.45) is 0 Å². The van der Waals surface area contributed by atoms with E-state index >= 15 is 0 Å². The Morgan fingerprint density at radius 3 is 3.20 bits per heavy atom. The van der Waals surface area contributed by atoms with Crippen LogP contribution in [0.1, 0.15) is 30.7 Å². The first-order valence-electron chi connectivity index (χ1n) is 4.76. The maximum atomic E-state index is 11.3. The number of aliphatic carboxylic acids is 1. The van der Waals surface area contributed by atoms with E-state index < -0.39 is 5.97 Å². The maximum absolute atomic E-state index is 11.3. The lowest BCUT2D eigenvalue weighted by molar-refractivity contribution is -0.137. The van der Waals surface area contributed by atoms with Crippen LogP contribution in [-0.4, -0.2) is 17.0 Å². The summed E-state index contributed by atoms with van der Waals surface area (Å²) in [5.74, 6) is -0.874. The monoisotopic (exact) mass is 225 g/mol. The highest BCUT2D eigenvalue weighted by molar-refractivity contribution is 7.14. The van der Waals surface area contributed by atoms with Gasteiger partial charge in [-0.15, -0.1) is 11.3 Å². The number of fused-ring (bicyclic) bond motifs is 1. The van der Waals surface area contributed by atoms with Gasteiger partial charge in [0.15, 0.2) is 0 Å². The number of thiophene rings is 1. The van der Waals surface area contributed by atoms with E-state index in [1.807, 2.05) is 11.4 Å². The number of carboxylic acid groups (broad SMARTS) is 1. The topological polar surface area (TPSA) is 66.4 Å². The molecule has 2 rings (SSSR count). The highest BCUT2D eigenvalue weighted by atomic mass is 32.1. The molecule has 1 unspecified atom stereocenters. The van der Waals surface area contributed by atoms with Crippen molar-refractivity contribution >= 4 is 28.2 Å². The molecule has 1 atom stereocenters.